The Balaban J connectivity index is 2.18. The molecule has 1 unspecified atom stereocenters. The molecule has 4 rings (SSSR count). The second-order valence-electron chi connectivity index (χ2n) is 6.66. The topological polar surface area (TPSA) is 68.1 Å². The van der Waals surface area contributed by atoms with Crippen LogP contribution in [0.5, 0.6) is 0 Å². The molecule has 0 aliphatic rings. The van der Waals surface area contributed by atoms with Crippen molar-refractivity contribution in [3.8, 4) is 0 Å². The molecule has 0 spiro atoms. The number of likely N-dealkylation sites (N-methyl/N-ethyl adjacent to an activating group) is 1. The molecule has 0 saturated heterocycles. The van der Waals surface area contributed by atoms with Crippen LogP contribution in [0.4, 0.5) is 0 Å². The Morgan fingerprint density at radius 1 is 1.07 bits per heavy atom. The van der Waals surface area contributed by atoms with Crippen molar-refractivity contribution < 1.29 is 9.59 Å². The van der Waals surface area contributed by atoms with Crippen LogP contribution >= 0.6 is 15.9 Å². The van der Waals surface area contributed by atoms with Gasteiger partial charge >= 0.3 is 0 Å². The number of fused-ring (bicyclic) bond motifs is 4. The molecule has 6 nitrogen and oxygen atoms in total. The van der Waals surface area contributed by atoms with Gasteiger partial charge in [-0.05, 0) is 37.3 Å². The number of aromatic nitrogens is 3. The summed E-state index contributed by atoms with van der Waals surface area (Å²) >= 11 is 3.50. The monoisotopic (exact) mass is 424 g/mol. The molecule has 2 aromatic heterocycles. The maximum absolute atomic E-state index is 12.8. The van der Waals surface area contributed by atoms with Crippen LogP contribution in [0.1, 0.15) is 13.0 Å². The van der Waals surface area contributed by atoms with Crippen molar-refractivity contribution in [2.75, 3.05) is 14.1 Å². The lowest BCUT2D eigenvalue weighted by Crippen LogP contribution is -2.35. The third kappa shape index (κ3) is 2.78. The Kier molecular flexibility index (Phi) is 4.19. The van der Waals surface area contributed by atoms with E-state index in [4.69, 9.17) is 9.97 Å². The molecule has 2 heterocycles. The fourth-order valence-corrected chi connectivity index (χ4v) is 3.69. The molecule has 0 saturated carbocycles. The Morgan fingerprint density at radius 3 is 2.37 bits per heavy atom. The summed E-state index contributed by atoms with van der Waals surface area (Å²) in [5, 5.41) is 0.843. The second-order valence-corrected chi connectivity index (χ2v) is 7.58. The minimum absolute atomic E-state index is 0.245. The predicted molar refractivity (Wildman–Crippen MR) is 109 cm³/mol. The molecule has 136 valence electrons. The van der Waals surface area contributed by atoms with Crippen molar-refractivity contribution in [1.82, 2.24) is 19.4 Å². The van der Waals surface area contributed by atoms with Gasteiger partial charge in [0.1, 0.15) is 5.52 Å². The minimum Gasteiger partial charge on any atom is -0.347 e. The Hall–Kier alpha value is -2.80. The minimum atomic E-state index is -0.989. The van der Waals surface area contributed by atoms with E-state index >= 15 is 0 Å². The van der Waals surface area contributed by atoms with Crippen LogP contribution in [0.15, 0.2) is 46.9 Å². The number of halogens is 1. The van der Waals surface area contributed by atoms with Crippen molar-refractivity contribution in [1.29, 1.82) is 0 Å². The van der Waals surface area contributed by atoms with Gasteiger partial charge in [-0.3, -0.25) is 9.59 Å². The lowest BCUT2D eigenvalue weighted by Gasteiger charge is -2.21. The standard InChI is InChI=1S/C20H17BrN4O2/c1-11(26)18(20(27)24(2)3)25-16-9-8-12(21)10-13(16)17-19(25)23-15-7-5-4-6-14(15)22-17/h4-10,18H,1-3H3. The summed E-state index contributed by atoms with van der Waals surface area (Å²) in [4.78, 5) is 36.3. The number of carbonyl (C=O) groups is 2. The smallest absolute Gasteiger partial charge is 0.252 e. The molecule has 0 radical (unpaired) electrons. The summed E-state index contributed by atoms with van der Waals surface area (Å²) < 4.78 is 2.60. The molecule has 4 aromatic rings. The van der Waals surface area contributed by atoms with Gasteiger partial charge in [-0.1, -0.05) is 28.1 Å². The van der Waals surface area contributed by atoms with Crippen molar-refractivity contribution in [2.24, 2.45) is 0 Å². The summed E-state index contributed by atoms with van der Waals surface area (Å²) in [6.07, 6.45) is 0. The quantitative estimate of drug-likeness (QED) is 0.470. The fraction of sp³-hybridized carbons (Fsp3) is 0.200. The number of hydrogen-bond acceptors (Lipinski definition) is 4. The van der Waals surface area contributed by atoms with E-state index in [0.29, 0.717) is 16.7 Å². The first kappa shape index (κ1) is 17.6. The van der Waals surface area contributed by atoms with Crippen LogP contribution < -0.4 is 0 Å². The van der Waals surface area contributed by atoms with Crippen LogP contribution in [0.3, 0.4) is 0 Å². The lowest BCUT2D eigenvalue weighted by molar-refractivity contribution is -0.137. The molecule has 0 aliphatic carbocycles. The summed E-state index contributed by atoms with van der Waals surface area (Å²) in [6, 6.07) is 12.3. The van der Waals surface area contributed by atoms with Gasteiger partial charge in [-0.15, -0.1) is 0 Å². The largest absolute Gasteiger partial charge is 0.347 e. The van der Waals surface area contributed by atoms with Crippen LogP contribution in [-0.2, 0) is 9.59 Å². The summed E-state index contributed by atoms with van der Waals surface area (Å²) in [5.74, 6) is -0.537. The van der Waals surface area contributed by atoms with E-state index in [1.807, 2.05) is 42.5 Å². The highest BCUT2D eigenvalue weighted by Gasteiger charge is 2.31. The number of benzene rings is 2. The molecule has 1 amide bonds. The third-order valence-corrected chi connectivity index (χ3v) is 5.06. The molecule has 27 heavy (non-hydrogen) atoms. The third-order valence-electron chi connectivity index (χ3n) is 4.57. The van der Waals surface area contributed by atoms with E-state index in [1.54, 1.807) is 18.7 Å². The molecular formula is C20H17BrN4O2. The van der Waals surface area contributed by atoms with Crippen molar-refractivity contribution in [3.63, 3.8) is 0 Å². The molecule has 0 aliphatic heterocycles. The molecule has 2 aromatic carbocycles. The van der Waals surface area contributed by atoms with Gasteiger partial charge in [-0.25, -0.2) is 9.97 Å². The SMILES string of the molecule is CC(=O)C(C(=O)N(C)C)n1c2ccc(Br)cc2c2nc3ccccc3nc21. The van der Waals surface area contributed by atoms with Crippen molar-refractivity contribution >= 4 is 60.7 Å². The molecule has 1 atom stereocenters. The Labute approximate surface area is 163 Å². The number of amides is 1. The number of ketones is 1. The first-order valence-electron chi connectivity index (χ1n) is 8.46. The number of hydrogen-bond donors (Lipinski definition) is 0. The number of Topliss-reactive ketones (excluding diaryl/α,β-unsaturated/α-hetero) is 1. The van der Waals surface area contributed by atoms with Gasteiger partial charge in [0.25, 0.3) is 5.91 Å². The van der Waals surface area contributed by atoms with Crippen molar-refractivity contribution in [2.45, 2.75) is 13.0 Å². The number of rotatable bonds is 3. The van der Waals surface area contributed by atoms with Crippen LogP contribution in [0.2, 0.25) is 0 Å². The summed E-state index contributed by atoms with van der Waals surface area (Å²) in [7, 11) is 3.29. The zero-order chi connectivity index (χ0) is 19.3. The lowest BCUT2D eigenvalue weighted by atomic mass is 10.1. The highest BCUT2D eigenvalue weighted by Crippen LogP contribution is 2.33. The van der Waals surface area contributed by atoms with E-state index in [0.717, 1.165) is 20.9 Å². The Morgan fingerprint density at radius 2 is 1.74 bits per heavy atom. The highest BCUT2D eigenvalue weighted by molar-refractivity contribution is 9.10. The first-order valence-corrected chi connectivity index (χ1v) is 9.25. The van der Waals surface area contributed by atoms with E-state index in [2.05, 4.69) is 15.9 Å². The van der Waals surface area contributed by atoms with Gasteiger partial charge in [-0.2, -0.15) is 0 Å². The predicted octanol–water partition coefficient (Wildman–Crippen LogP) is 3.72. The van der Waals surface area contributed by atoms with E-state index in [1.165, 1.54) is 11.8 Å². The zero-order valence-electron chi connectivity index (χ0n) is 15.1. The number of nitrogens with zero attached hydrogens (tertiary/aromatic N) is 4. The molecule has 7 heteroatoms. The molecule has 0 N–H and O–H groups in total. The highest BCUT2D eigenvalue weighted by atomic mass is 79.9. The number of carbonyl (C=O) groups excluding carboxylic acids is 2. The summed E-state index contributed by atoms with van der Waals surface area (Å²) in [6.45, 7) is 1.43. The van der Waals surface area contributed by atoms with Crippen LogP contribution in [0, 0.1) is 0 Å². The maximum Gasteiger partial charge on any atom is 0.252 e. The van der Waals surface area contributed by atoms with Gasteiger partial charge in [0.05, 0.1) is 16.6 Å². The fourth-order valence-electron chi connectivity index (χ4n) is 3.33. The number of para-hydroxylation sites is 2. The average molecular weight is 425 g/mol. The average Bonchev–Trinajstić information content (AvgIpc) is 2.92. The first-order chi connectivity index (χ1) is 12.9. The van der Waals surface area contributed by atoms with E-state index < -0.39 is 6.04 Å². The van der Waals surface area contributed by atoms with Gasteiger partial charge in [0, 0.05) is 24.0 Å². The van der Waals surface area contributed by atoms with Crippen LogP contribution in [-0.4, -0.2) is 45.2 Å². The normalized spacial score (nSPS) is 12.6. The van der Waals surface area contributed by atoms with E-state index in [-0.39, 0.29) is 11.7 Å². The molecule has 0 fully saturated rings. The van der Waals surface area contributed by atoms with Gasteiger partial charge < -0.3 is 9.47 Å². The van der Waals surface area contributed by atoms with Gasteiger partial charge in [0.15, 0.2) is 17.5 Å². The van der Waals surface area contributed by atoms with Crippen LogP contribution in [0.25, 0.3) is 33.1 Å². The van der Waals surface area contributed by atoms with Gasteiger partial charge in [0.2, 0.25) is 0 Å². The molecular weight excluding hydrogens is 408 g/mol. The van der Waals surface area contributed by atoms with E-state index in [9.17, 15) is 9.59 Å². The second kappa shape index (κ2) is 6.42. The summed E-state index contributed by atoms with van der Waals surface area (Å²) in [5.41, 5.74) is 3.42. The Bertz CT molecular complexity index is 1230. The zero-order valence-corrected chi connectivity index (χ0v) is 16.7. The molecule has 0 bridgehead atoms. The van der Waals surface area contributed by atoms with Crippen molar-refractivity contribution in [3.05, 3.63) is 46.9 Å². The maximum atomic E-state index is 12.8.